The van der Waals surface area contributed by atoms with Gasteiger partial charge in [-0.2, -0.15) is 0 Å². The lowest BCUT2D eigenvalue weighted by molar-refractivity contribution is -0.129. The highest BCUT2D eigenvalue weighted by Gasteiger charge is 2.24. The van der Waals surface area contributed by atoms with Crippen molar-refractivity contribution in [2.45, 2.75) is 9.92 Å². The summed E-state index contributed by atoms with van der Waals surface area (Å²) in [7, 11) is 1.63. The van der Waals surface area contributed by atoms with Crippen LogP contribution in [0.1, 0.15) is 11.1 Å². The summed E-state index contributed by atoms with van der Waals surface area (Å²) in [5.74, 6) is 0.565. The first-order valence-corrected chi connectivity index (χ1v) is 10.8. The number of hydrogen-bond acceptors (Lipinski definition) is 6. The Morgan fingerprint density at radius 3 is 2.44 bits per heavy atom. The van der Waals surface area contributed by atoms with E-state index in [1.165, 1.54) is 11.8 Å². The maximum absolute atomic E-state index is 12.5. The number of cyclic esters (lactones) is 1. The number of fused-ring (bicyclic) bond motifs is 1. The van der Waals surface area contributed by atoms with Gasteiger partial charge in [-0.25, -0.2) is 14.8 Å². The molecular formula is C26H18N2O3S. The summed E-state index contributed by atoms with van der Waals surface area (Å²) in [6.45, 7) is 0. The Kier molecular flexibility index (Phi) is 5.44. The molecule has 0 saturated heterocycles. The maximum atomic E-state index is 12.5. The monoisotopic (exact) mass is 438 g/mol. The first-order chi connectivity index (χ1) is 15.7. The maximum Gasteiger partial charge on any atom is 0.363 e. The number of aromatic nitrogens is 1. The van der Waals surface area contributed by atoms with Crippen LogP contribution in [-0.4, -0.2) is 24.0 Å². The number of hydrogen-bond donors (Lipinski definition) is 0. The fourth-order valence-corrected chi connectivity index (χ4v) is 4.21. The van der Waals surface area contributed by atoms with Crippen LogP contribution in [0.5, 0.6) is 5.75 Å². The standard InChI is InChI=1S/C26H18N2O3S/c1-30-20-13-12-18-14-19(25(28-22(18)16-20)32-21-10-6-3-7-11-21)15-23-26(29)31-24(27-23)17-8-4-2-5-9-17/h2-16H,1H3/b23-15-. The molecule has 156 valence electrons. The molecule has 1 aliphatic heterocycles. The molecule has 2 heterocycles. The second-order valence-corrected chi connectivity index (χ2v) is 8.12. The Bertz CT molecular complexity index is 1370. The van der Waals surface area contributed by atoms with E-state index < -0.39 is 5.97 Å². The molecule has 0 aliphatic carbocycles. The molecule has 32 heavy (non-hydrogen) atoms. The molecule has 3 aromatic carbocycles. The van der Waals surface area contributed by atoms with Gasteiger partial charge < -0.3 is 9.47 Å². The number of methoxy groups -OCH3 is 1. The lowest BCUT2D eigenvalue weighted by Gasteiger charge is -2.09. The lowest BCUT2D eigenvalue weighted by atomic mass is 10.1. The van der Waals surface area contributed by atoms with Gasteiger partial charge in [0.05, 0.1) is 12.6 Å². The van der Waals surface area contributed by atoms with Crippen LogP contribution < -0.4 is 4.74 Å². The van der Waals surface area contributed by atoms with E-state index in [1.807, 2.05) is 84.9 Å². The van der Waals surface area contributed by atoms with Crippen molar-refractivity contribution in [3.63, 3.8) is 0 Å². The molecule has 4 aromatic rings. The summed E-state index contributed by atoms with van der Waals surface area (Å²) in [5, 5.41) is 1.70. The van der Waals surface area contributed by atoms with E-state index in [0.717, 1.165) is 37.7 Å². The highest BCUT2D eigenvalue weighted by molar-refractivity contribution is 7.99. The van der Waals surface area contributed by atoms with Crippen molar-refractivity contribution in [3.8, 4) is 5.75 Å². The van der Waals surface area contributed by atoms with Gasteiger partial charge in [0.1, 0.15) is 10.8 Å². The van der Waals surface area contributed by atoms with E-state index in [2.05, 4.69) is 4.99 Å². The Morgan fingerprint density at radius 1 is 0.938 bits per heavy atom. The lowest BCUT2D eigenvalue weighted by Crippen LogP contribution is -2.05. The summed E-state index contributed by atoms with van der Waals surface area (Å²) in [4.78, 5) is 22.9. The molecule has 0 N–H and O–H groups in total. The first-order valence-electron chi connectivity index (χ1n) is 9.99. The minimum Gasteiger partial charge on any atom is -0.497 e. The number of pyridine rings is 1. The van der Waals surface area contributed by atoms with E-state index in [-0.39, 0.29) is 5.70 Å². The molecule has 0 radical (unpaired) electrons. The van der Waals surface area contributed by atoms with Gasteiger partial charge in [-0.3, -0.25) is 0 Å². The molecule has 1 aliphatic rings. The third-order valence-corrected chi connectivity index (χ3v) is 5.94. The molecule has 0 spiro atoms. The van der Waals surface area contributed by atoms with Gasteiger partial charge in [0, 0.05) is 27.5 Å². The number of carbonyl (C=O) groups is 1. The fourth-order valence-electron chi connectivity index (χ4n) is 3.32. The van der Waals surface area contributed by atoms with Crippen molar-refractivity contribution in [2.24, 2.45) is 4.99 Å². The molecule has 0 saturated carbocycles. The zero-order chi connectivity index (χ0) is 21.9. The number of rotatable bonds is 5. The van der Waals surface area contributed by atoms with E-state index in [1.54, 1.807) is 13.2 Å². The van der Waals surface area contributed by atoms with Crippen molar-refractivity contribution >= 4 is 40.6 Å². The largest absolute Gasteiger partial charge is 0.497 e. The van der Waals surface area contributed by atoms with E-state index in [4.69, 9.17) is 14.5 Å². The number of nitrogens with zero attached hydrogens (tertiary/aromatic N) is 2. The van der Waals surface area contributed by atoms with Crippen molar-refractivity contribution in [1.29, 1.82) is 0 Å². The van der Waals surface area contributed by atoms with Crippen LogP contribution in [0.15, 0.2) is 106 Å². The van der Waals surface area contributed by atoms with Crippen LogP contribution in [0.25, 0.3) is 17.0 Å². The second-order valence-electron chi connectivity index (χ2n) is 7.06. The van der Waals surface area contributed by atoms with E-state index in [0.29, 0.717) is 5.90 Å². The molecule has 0 atom stereocenters. The highest BCUT2D eigenvalue weighted by Crippen LogP contribution is 2.34. The Labute approximate surface area is 189 Å². The average molecular weight is 439 g/mol. The van der Waals surface area contributed by atoms with E-state index in [9.17, 15) is 4.79 Å². The van der Waals surface area contributed by atoms with Crippen LogP contribution in [0, 0.1) is 0 Å². The predicted octanol–water partition coefficient (Wildman–Crippen LogP) is 5.74. The minimum absolute atomic E-state index is 0.244. The van der Waals surface area contributed by atoms with Crippen LogP contribution in [0.4, 0.5) is 0 Å². The molecule has 5 rings (SSSR count). The van der Waals surface area contributed by atoms with Gasteiger partial charge >= 0.3 is 5.97 Å². The molecule has 0 amide bonds. The van der Waals surface area contributed by atoms with Gasteiger partial charge in [0.15, 0.2) is 5.70 Å². The third-order valence-electron chi connectivity index (χ3n) is 4.91. The van der Waals surface area contributed by atoms with Gasteiger partial charge in [-0.1, -0.05) is 48.2 Å². The Morgan fingerprint density at radius 2 is 1.69 bits per heavy atom. The number of aliphatic imine (C=N–C) groups is 1. The molecular weight excluding hydrogens is 420 g/mol. The average Bonchev–Trinajstić information content (AvgIpc) is 3.20. The summed E-state index contributed by atoms with van der Waals surface area (Å²) in [6.07, 6.45) is 1.74. The third kappa shape index (κ3) is 4.13. The highest BCUT2D eigenvalue weighted by atomic mass is 32.2. The summed E-state index contributed by atoms with van der Waals surface area (Å²) >= 11 is 1.53. The van der Waals surface area contributed by atoms with Crippen molar-refractivity contribution in [1.82, 2.24) is 4.98 Å². The molecule has 0 bridgehead atoms. The number of benzene rings is 3. The van der Waals surface area contributed by atoms with Crippen molar-refractivity contribution < 1.29 is 14.3 Å². The van der Waals surface area contributed by atoms with E-state index >= 15 is 0 Å². The quantitative estimate of drug-likeness (QED) is 0.294. The Balaban J connectivity index is 1.61. The molecule has 1 aromatic heterocycles. The van der Waals surface area contributed by atoms with Gasteiger partial charge in [0.25, 0.3) is 0 Å². The molecule has 5 nitrogen and oxygen atoms in total. The zero-order valence-corrected chi connectivity index (χ0v) is 18.0. The van der Waals surface area contributed by atoms with Crippen LogP contribution >= 0.6 is 11.8 Å². The van der Waals surface area contributed by atoms with Crippen LogP contribution in [0.2, 0.25) is 0 Å². The molecule has 6 heteroatoms. The van der Waals surface area contributed by atoms with Gasteiger partial charge in [0.2, 0.25) is 5.90 Å². The number of ether oxygens (including phenoxy) is 2. The predicted molar refractivity (Wildman–Crippen MR) is 126 cm³/mol. The topological polar surface area (TPSA) is 60.8 Å². The summed E-state index contributed by atoms with van der Waals surface area (Å²) in [5.41, 5.74) is 2.61. The van der Waals surface area contributed by atoms with Crippen LogP contribution in [0.3, 0.4) is 0 Å². The Hall–Kier alpha value is -3.90. The van der Waals surface area contributed by atoms with Crippen LogP contribution in [-0.2, 0) is 9.53 Å². The normalized spacial score (nSPS) is 14.5. The summed E-state index contributed by atoms with van der Waals surface area (Å²) < 4.78 is 10.8. The van der Waals surface area contributed by atoms with Gasteiger partial charge in [-0.15, -0.1) is 0 Å². The molecule has 0 unspecified atom stereocenters. The number of carbonyl (C=O) groups excluding carboxylic acids is 1. The fraction of sp³-hybridized carbons (Fsp3) is 0.0385. The van der Waals surface area contributed by atoms with Crippen molar-refractivity contribution in [3.05, 3.63) is 102 Å². The minimum atomic E-state index is -0.477. The zero-order valence-electron chi connectivity index (χ0n) is 17.2. The van der Waals surface area contributed by atoms with Gasteiger partial charge in [-0.05, 0) is 48.5 Å². The second kappa shape index (κ2) is 8.69. The smallest absolute Gasteiger partial charge is 0.363 e. The molecule has 0 fully saturated rings. The number of esters is 1. The van der Waals surface area contributed by atoms with Crippen molar-refractivity contribution in [2.75, 3.05) is 7.11 Å². The SMILES string of the molecule is COc1ccc2cc(/C=C3\N=C(c4ccccc4)OC3=O)c(Sc3ccccc3)nc2c1. The first kappa shape index (κ1) is 20.0. The summed E-state index contributed by atoms with van der Waals surface area (Å²) in [6, 6.07) is 27.1.